The van der Waals surface area contributed by atoms with E-state index < -0.39 is 0 Å². The van der Waals surface area contributed by atoms with Crippen molar-refractivity contribution in [3.8, 4) is 5.82 Å². The molecule has 0 aliphatic carbocycles. The molecule has 2 rings (SSSR count). The van der Waals surface area contributed by atoms with Crippen molar-refractivity contribution in [2.75, 3.05) is 0 Å². The fraction of sp³-hybridized carbons (Fsp3) is 0.417. The van der Waals surface area contributed by atoms with E-state index in [-0.39, 0.29) is 0 Å². The highest BCUT2D eigenvalue weighted by Gasteiger charge is 2.15. The van der Waals surface area contributed by atoms with E-state index in [1.807, 2.05) is 4.68 Å². The predicted molar refractivity (Wildman–Crippen MR) is 65.8 cm³/mol. The van der Waals surface area contributed by atoms with Crippen molar-refractivity contribution in [3.63, 3.8) is 0 Å². The standard InChI is InChI=1S/C12H17N5/c1-3-10-9(7-13)11(4-2)17(16-10)12-8-14-5-6-15-12/h5-6,8H,3-4,7,13H2,1-2H3. The first-order valence-corrected chi connectivity index (χ1v) is 5.87. The Labute approximate surface area is 101 Å². The van der Waals surface area contributed by atoms with Crippen LogP contribution in [0.2, 0.25) is 0 Å². The summed E-state index contributed by atoms with van der Waals surface area (Å²) in [6.45, 7) is 4.71. The first-order chi connectivity index (χ1) is 8.31. The Morgan fingerprint density at radius 2 is 2.06 bits per heavy atom. The average molecular weight is 231 g/mol. The molecule has 2 aromatic heterocycles. The van der Waals surface area contributed by atoms with E-state index in [9.17, 15) is 0 Å². The molecule has 0 saturated heterocycles. The normalized spacial score (nSPS) is 10.8. The van der Waals surface area contributed by atoms with Crippen LogP contribution >= 0.6 is 0 Å². The van der Waals surface area contributed by atoms with Gasteiger partial charge in [-0.2, -0.15) is 5.10 Å². The second-order valence-corrected chi connectivity index (χ2v) is 3.76. The van der Waals surface area contributed by atoms with E-state index in [0.717, 1.165) is 35.6 Å². The first kappa shape index (κ1) is 11.7. The molecule has 0 saturated carbocycles. The minimum atomic E-state index is 0.520. The fourth-order valence-corrected chi connectivity index (χ4v) is 2.01. The van der Waals surface area contributed by atoms with Gasteiger partial charge in [-0.25, -0.2) is 9.67 Å². The summed E-state index contributed by atoms with van der Waals surface area (Å²) in [5.41, 5.74) is 9.12. The molecule has 0 aliphatic heterocycles. The third-order valence-electron chi connectivity index (χ3n) is 2.81. The molecule has 17 heavy (non-hydrogen) atoms. The van der Waals surface area contributed by atoms with Crippen LogP contribution in [0.25, 0.3) is 5.82 Å². The zero-order valence-electron chi connectivity index (χ0n) is 10.2. The van der Waals surface area contributed by atoms with Gasteiger partial charge < -0.3 is 5.73 Å². The molecule has 0 spiro atoms. The molecule has 0 amide bonds. The van der Waals surface area contributed by atoms with Crippen LogP contribution in [-0.4, -0.2) is 19.7 Å². The van der Waals surface area contributed by atoms with Crippen LogP contribution in [0.3, 0.4) is 0 Å². The van der Waals surface area contributed by atoms with Gasteiger partial charge in [-0.3, -0.25) is 4.98 Å². The Balaban J connectivity index is 2.58. The maximum atomic E-state index is 5.80. The zero-order valence-corrected chi connectivity index (χ0v) is 10.2. The van der Waals surface area contributed by atoms with Crippen LogP contribution in [0.5, 0.6) is 0 Å². The van der Waals surface area contributed by atoms with Gasteiger partial charge in [0.15, 0.2) is 5.82 Å². The topological polar surface area (TPSA) is 69.6 Å². The van der Waals surface area contributed by atoms with Gasteiger partial charge in [0.1, 0.15) is 0 Å². The summed E-state index contributed by atoms with van der Waals surface area (Å²) in [6, 6.07) is 0. The molecule has 0 fully saturated rings. The summed E-state index contributed by atoms with van der Waals surface area (Å²) in [5, 5.41) is 4.57. The monoisotopic (exact) mass is 231 g/mol. The lowest BCUT2D eigenvalue weighted by Crippen LogP contribution is -2.06. The molecule has 0 atom stereocenters. The van der Waals surface area contributed by atoms with Crippen LogP contribution in [0, 0.1) is 0 Å². The highest BCUT2D eigenvalue weighted by molar-refractivity contribution is 5.32. The molecule has 0 bridgehead atoms. The third-order valence-corrected chi connectivity index (χ3v) is 2.81. The van der Waals surface area contributed by atoms with Gasteiger partial charge >= 0.3 is 0 Å². The highest BCUT2D eigenvalue weighted by atomic mass is 15.3. The number of rotatable bonds is 4. The van der Waals surface area contributed by atoms with E-state index in [1.54, 1.807) is 18.6 Å². The number of nitrogens with zero attached hydrogens (tertiary/aromatic N) is 4. The molecule has 2 heterocycles. The molecule has 0 aromatic carbocycles. The number of hydrogen-bond donors (Lipinski definition) is 1. The number of aryl methyl sites for hydroxylation is 1. The van der Waals surface area contributed by atoms with Crippen molar-refractivity contribution >= 4 is 0 Å². The third kappa shape index (κ3) is 2.06. The highest BCUT2D eigenvalue weighted by Crippen LogP contribution is 2.18. The lowest BCUT2D eigenvalue weighted by molar-refractivity contribution is 0.766. The maximum absolute atomic E-state index is 5.80. The van der Waals surface area contributed by atoms with Crippen molar-refractivity contribution in [3.05, 3.63) is 35.5 Å². The van der Waals surface area contributed by atoms with Gasteiger partial charge in [0.25, 0.3) is 0 Å². The summed E-state index contributed by atoms with van der Waals surface area (Å²) in [7, 11) is 0. The Hall–Kier alpha value is -1.75. The lowest BCUT2D eigenvalue weighted by Gasteiger charge is -2.05. The Morgan fingerprint density at radius 1 is 1.24 bits per heavy atom. The Morgan fingerprint density at radius 3 is 2.59 bits per heavy atom. The van der Waals surface area contributed by atoms with Crippen LogP contribution in [0.15, 0.2) is 18.6 Å². The fourth-order valence-electron chi connectivity index (χ4n) is 2.01. The molecule has 90 valence electrons. The average Bonchev–Trinajstić information content (AvgIpc) is 2.77. The zero-order chi connectivity index (χ0) is 12.3. The van der Waals surface area contributed by atoms with E-state index in [4.69, 9.17) is 5.73 Å². The predicted octanol–water partition coefficient (Wildman–Crippen LogP) is 1.25. The molecular formula is C12H17N5. The second kappa shape index (κ2) is 5.05. The van der Waals surface area contributed by atoms with Gasteiger partial charge in [0.2, 0.25) is 0 Å². The molecule has 0 radical (unpaired) electrons. The Kier molecular flexibility index (Phi) is 3.49. The first-order valence-electron chi connectivity index (χ1n) is 5.87. The van der Waals surface area contributed by atoms with Gasteiger partial charge in [0.05, 0.1) is 17.6 Å². The van der Waals surface area contributed by atoms with Crippen molar-refractivity contribution in [1.29, 1.82) is 0 Å². The molecule has 0 aliphatic rings. The van der Waals surface area contributed by atoms with Crippen LogP contribution in [0.1, 0.15) is 30.8 Å². The van der Waals surface area contributed by atoms with Crippen LogP contribution in [0.4, 0.5) is 0 Å². The molecule has 2 N–H and O–H groups in total. The van der Waals surface area contributed by atoms with Gasteiger partial charge in [-0.1, -0.05) is 13.8 Å². The number of hydrogen-bond acceptors (Lipinski definition) is 4. The largest absolute Gasteiger partial charge is 0.326 e. The van der Waals surface area contributed by atoms with Crippen LogP contribution < -0.4 is 5.73 Å². The van der Waals surface area contributed by atoms with E-state index in [2.05, 4.69) is 28.9 Å². The van der Waals surface area contributed by atoms with Crippen molar-refractivity contribution in [2.24, 2.45) is 5.73 Å². The minimum absolute atomic E-state index is 0.520. The smallest absolute Gasteiger partial charge is 0.172 e. The summed E-state index contributed by atoms with van der Waals surface area (Å²) >= 11 is 0. The quantitative estimate of drug-likeness (QED) is 0.859. The summed E-state index contributed by atoms with van der Waals surface area (Å²) < 4.78 is 1.86. The second-order valence-electron chi connectivity index (χ2n) is 3.76. The Bertz CT molecular complexity index is 489. The molecular weight excluding hydrogens is 214 g/mol. The maximum Gasteiger partial charge on any atom is 0.172 e. The summed E-state index contributed by atoms with van der Waals surface area (Å²) in [6.07, 6.45) is 6.81. The molecule has 2 aromatic rings. The molecule has 0 unspecified atom stereocenters. The molecule has 5 heteroatoms. The molecule has 5 nitrogen and oxygen atoms in total. The van der Waals surface area contributed by atoms with Crippen LogP contribution in [-0.2, 0) is 19.4 Å². The van der Waals surface area contributed by atoms with E-state index in [0.29, 0.717) is 6.54 Å². The van der Waals surface area contributed by atoms with Gasteiger partial charge in [-0.05, 0) is 12.8 Å². The van der Waals surface area contributed by atoms with E-state index in [1.165, 1.54) is 0 Å². The number of nitrogens with two attached hydrogens (primary N) is 1. The lowest BCUT2D eigenvalue weighted by atomic mass is 10.1. The summed E-state index contributed by atoms with van der Waals surface area (Å²) in [5.74, 6) is 0.749. The van der Waals surface area contributed by atoms with Crippen molar-refractivity contribution in [2.45, 2.75) is 33.2 Å². The van der Waals surface area contributed by atoms with Crippen molar-refractivity contribution in [1.82, 2.24) is 19.7 Å². The van der Waals surface area contributed by atoms with E-state index >= 15 is 0 Å². The minimum Gasteiger partial charge on any atom is -0.326 e. The SMILES string of the molecule is CCc1nn(-c2cnccn2)c(CC)c1CN. The van der Waals surface area contributed by atoms with Gasteiger partial charge in [0, 0.05) is 24.5 Å². The number of aromatic nitrogens is 4. The van der Waals surface area contributed by atoms with Gasteiger partial charge in [-0.15, -0.1) is 0 Å². The van der Waals surface area contributed by atoms with Crippen molar-refractivity contribution < 1.29 is 0 Å². The summed E-state index contributed by atoms with van der Waals surface area (Å²) in [4.78, 5) is 8.35.